The Kier molecular flexibility index (Phi) is 6.79. The zero-order valence-electron chi connectivity index (χ0n) is 19.0. The van der Waals surface area contributed by atoms with Crippen LogP contribution in [0.15, 0.2) is 96.4 Å². The molecule has 0 aliphatic rings. The highest BCUT2D eigenvalue weighted by Gasteiger charge is 2.28. The van der Waals surface area contributed by atoms with Gasteiger partial charge in [-0.15, -0.1) is 0 Å². The van der Waals surface area contributed by atoms with Crippen LogP contribution in [0, 0.1) is 13.8 Å². The Morgan fingerprint density at radius 2 is 1.71 bits per heavy atom. The molecule has 0 aliphatic heterocycles. The molecular formula is C26H26N4O3S. The van der Waals surface area contributed by atoms with Gasteiger partial charge in [0.15, 0.2) is 0 Å². The Morgan fingerprint density at radius 1 is 0.971 bits per heavy atom. The van der Waals surface area contributed by atoms with Crippen LogP contribution in [0.4, 0.5) is 5.69 Å². The molecule has 0 fully saturated rings. The lowest BCUT2D eigenvalue weighted by molar-refractivity contribution is -0.119. The van der Waals surface area contributed by atoms with Gasteiger partial charge in [0, 0.05) is 24.6 Å². The van der Waals surface area contributed by atoms with Gasteiger partial charge in [-0.2, -0.15) is 0 Å². The zero-order chi connectivity index (χ0) is 24.1. The van der Waals surface area contributed by atoms with E-state index in [1.807, 2.05) is 54.9 Å². The smallest absolute Gasteiger partial charge is 0.264 e. The predicted molar refractivity (Wildman–Crippen MR) is 132 cm³/mol. The van der Waals surface area contributed by atoms with E-state index in [-0.39, 0.29) is 23.9 Å². The third-order valence-electron chi connectivity index (χ3n) is 5.69. The fourth-order valence-electron chi connectivity index (χ4n) is 3.61. The van der Waals surface area contributed by atoms with Crippen LogP contribution >= 0.6 is 0 Å². The summed E-state index contributed by atoms with van der Waals surface area (Å²) in [5, 5.41) is 2.85. The van der Waals surface area contributed by atoms with Gasteiger partial charge in [-0.05, 0) is 60.9 Å². The number of rotatable bonds is 8. The number of aromatic nitrogens is 2. The van der Waals surface area contributed by atoms with Gasteiger partial charge in [0.1, 0.15) is 6.54 Å². The second-order valence-electron chi connectivity index (χ2n) is 7.96. The number of amides is 1. The lowest BCUT2D eigenvalue weighted by atomic mass is 10.1. The van der Waals surface area contributed by atoms with E-state index in [1.165, 1.54) is 16.4 Å². The van der Waals surface area contributed by atoms with Crippen molar-refractivity contribution in [3.05, 3.63) is 108 Å². The van der Waals surface area contributed by atoms with Crippen LogP contribution in [0.1, 0.15) is 16.7 Å². The third kappa shape index (κ3) is 5.02. The van der Waals surface area contributed by atoms with Crippen molar-refractivity contribution in [2.75, 3.05) is 10.8 Å². The fraction of sp³-hybridized carbons (Fsp3) is 0.154. The number of anilines is 1. The number of sulfonamides is 1. The van der Waals surface area contributed by atoms with Crippen molar-refractivity contribution >= 4 is 21.6 Å². The molecule has 0 spiro atoms. The first kappa shape index (κ1) is 23.3. The van der Waals surface area contributed by atoms with E-state index in [1.54, 1.807) is 42.9 Å². The third-order valence-corrected chi connectivity index (χ3v) is 7.47. The molecule has 1 N–H and O–H groups in total. The average Bonchev–Trinajstić information content (AvgIpc) is 3.39. The van der Waals surface area contributed by atoms with Crippen LogP contribution in [0.25, 0.3) is 5.69 Å². The minimum absolute atomic E-state index is 0.138. The predicted octanol–water partition coefficient (Wildman–Crippen LogP) is 4.00. The van der Waals surface area contributed by atoms with Gasteiger partial charge in [0.25, 0.3) is 10.0 Å². The van der Waals surface area contributed by atoms with Crippen molar-refractivity contribution in [2.24, 2.45) is 0 Å². The van der Waals surface area contributed by atoms with E-state index in [9.17, 15) is 13.2 Å². The summed E-state index contributed by atoms with van der Waals surface area (Å²) in [5.41, 5.74) is 4.11. The summed E-state index contributed by atoms with van der Waals surface area (Å²) in [4.78, 5) is 17.1. The van der Waals surface area contributed by atoms with Gasteiger partial charge in [-0.1, -0.05) is 42.5 Å². The van der Waals surface area contributed by atoms with Gasteiger partial charge in [0.05, 0.1) is 16.9 Å². The largest absolute Gasteiger partial charge is 0.350 e. The second kappa shape index (κ2) is 9.93. The quantitative estimate of drug-likeness (QED) is 0.418. The molecule has 7 nitrogen and oxygen atoms in total. The van der Waals surface area contributed by atoms with Crippen molar-refractivity contribution in [1.82, 2.24) is 14.9 Å². The van der Waals surface area contributed by atoms with E-state index in [0.717, 1.165) is 22.4 Å². The summed E-state index contributed by atoms with van der Waals surface area (Å²) in [5.74, 6) is -0.390. The van der Waals surface area contributed by atoms with Crippen molar-refractivity contribution < 1.29 is 13.2 Å². The molecule has 174 valence electrons. The molecule has 3 aromatic carbocycles. The first-order valence-corrected chi connectivity index (χ1v) is 12.3. The number of benzene rings is 3. The Bertz CT molecular complexity index is 1370. The highest BCUT2D eigenvalue weighted by atomic mass is 32.2. The monoisotopic (exact) mass is 474 g/mol. The number of hydrogen-bond acceptors (Lipinski definition) is 4. The number of aryl methyl sites for hydroxylation is 1. The van der Waals surface area contributed by atoms with Gasteiger partial charge < -0.3 is 9.88 Å². The first-order valence-electron chi connectivity index (χ1n) is 10.8. The number of nitrogens with one attached hydrogen (secondary N) is 1. The maximum absolute atomic E-state index is 13.5. The maximum atomic E-state index is 13.5. The van der Waals surface area contributed by atoms with Gasteiger partial charge in [-0.3, -0.25) is 9.10 Å². The van der Waals surface area contributed by atoms with E-state index in [2.05, 4.69) is 10.3 Å². The van der Waals surface area contributed by atoms with Crippen molar-refractivity contribution in [2.45, 2.75) is 25.3 Å². The Hall–Kier alpha value is -3.91. The second-order valence-corrected chi connectivity index (χ2v) is 9.82. The number of imidazole rings is 1. The lowest BCUT2D eigenvalue weighted by Gasteiger charge is -2.26. The molecule has 0 saturated carbocycles. The highest BCUT2D eigenvalue weighted by Crippen LogP contribution is 2.28. The minimum Gasteiger partial charge on any atom is -0.350 e. The lowest BCUT2D eigenvalue weighted by Crippen LogP contribution is -2.41. The number of carbonyl (C=O) groups is 1. The number of carbonyl (C=O) groups excluding carboxylic acids is 1. The molecular weight excluding hydrogens is 448 g/mol. The van der Waals surface area contributed by atoms with Crippen LogP contribution in [0.3, 0.4) is 0 Å². The van der Waals surface area contributed by atoms with Crippen LogP contribution in [-0.2, 0) is 21.4 Å². The van der Waals surface area contributed by atoms with Gasteiger partial charge in [0.2, 0.25) is 5.91 Å². The first-order chi connectivity index (χ1) is 16.4. The summed E-state index contributed by atoms with van der Waals surface area (Å²) >= 11 is 0. The van der Waals surface area contributed by atoms with Gasteiger partial charge in [-0.25, -0.2) is 13.4 Å². The molecule has 4 aromatic rings. The van der Waals surface area contributed by atoms with E-state index < -0.39 is 10.0 Å². The molecule has 4 rings (SSSR count). The van der Waals surface area contributed by atoms with Crippen molar-refractivity contribution in [3.8, 4) is 5.69 Å². The normalized spacial score (nSPS) is 11.2. The van der Waals surface area contributed by atoms with Crippen LogP contribution in [0.2, 0.25) is 0 Å². The molecule has 0 atom stereocenters. The summed E-state index contributed by atoms with van der Waals surface area (Å²) in [6.07, 6.45) is 5.27. The Labute approximate surface area is 199 Å². The van der Waals surface area contributed by atoms with E-state index in [4.69, 9.17) is 0 Å². The number of nitrogens with zero attached hydrogens (tertiary/aromatic N) is 3. The molecule has 0 saturated heterocycles. The maximum Gasteiger partial charge on any atom is 0.264 e. The highest BCUT2D eigenvalue weighted by molar-refractivity contribution is 7.92. The Morgan fingerprint density at radius 3 is 2.38 bits per heavy atom. The van der Waals surface area contributed by atoms with Crippen LogP contribution in [-0.4, -0.2) is 30.4 Å². The number of hydrogen-bond donors (Lipinski definition) is 1. The molecule has 1 aromatic heterocycles. The minimum atomic E-state index is -3.94. The standard InChI is InChI=1S/C26H26N4O3S/c1-20-7-6-10-25(21(20)2)30(34(32,33)24-8-4-3-5-9-24)18-26(31)28-17-22-11-13-23(14-12-22)29-16-15-27-19-29/h3-16,19H,17-18H2,1-2H3,(H,28,31). The topological polar surface area (TPSA) is 84.3 Å². The molecule has 0 aliphatic carbocycles. The molecule has 1 amide bonds. The van der Waals surface area contributed by atoms with Crippen LogP contribution < -0.4 is 9.62 Å². The molecule has 0 radical (unpaired) electrons. The summed E-state index contributed by atoms with van der Waals surface area (Å²) in [7, 11) is -3.94. The zero-order valence-corrected chi connectivity index (χ0v) is 19.9. The van der Waals surface area contributed by atoms with Crippen molar-refractivity contribution in [3.63, 3.8) is 0 Å². The summed E-state index contributed by atoms with van der Waals surface area (Å²) < 4.78 is 30.1. The van der Waals surface area contributed by atoms with Crippen LogP contribution in [0.5, 0.6) is 0 Å². The molecule has 8 heteroatoms. The fourth-order valence-corrected chi connectivity index (χ4v) is 5.11. The Balaban J connectivity index is 1.53. The van der Waals surface area contributed by atoms with E-state index >= 15 is 0 Å². The summed E-state index contributed by atoms with van der Waals surface area (Å²) in [6.45, 7) is 3.74. The molecule has 0 bridgehead atoms. The van der Waals surface area contributed by atoms with Gasteiger partial charge >= 0.3 is 0 Å². The molecule has 0 unspecified atom stereocenters. The molecule has 1 heterocycles. The van der Waals surface area contributed by atoms with Crippen molar-refractivity contribution in [1.29, 1.82) is 0 Å². The van der Waals surface area contributed by atoms with E-state index in [0.29, 0.717) is 5.69 Å². The molecule has 34 heavy (non-hydrogen) atoms. The average molecular weight is 475 g/mol. The SMILES string of the molecule is Cc1cccc(N(CC(=O)NCc2ccc(-n3ccnc3)cc2)S(=O)(=O)c2ccccc2)c1C. The summed E-state index contributed by atoms with van der Waals surface area (Å²) in [6, 6.07) is 21.3.